The van der Waals surface area contributed by atoms with Crippen LogP contribution in [0.5, 0.6) is 5.75 Å². The Morgan fingerprint density at radius 3 is 1.97 bits per heavy atom. The summed E-state index contributed by atoms with van der Waals surface area (Å²) in [7, 11) is 0. The first-order chi connectivity index (χ1) is 16.0. The van der Waals surface area contributed by atoms with Crippen LogP contribution in [0.1, 0.15) is 38.2 Å². The van der Waals surface area contributed by atoms with Crippen molar-refractivity contribution in [3.63, 3.8) is 0 Å². The van der Waals surface area contributed by atoms with E-state index >= 15 is 0 Å². The Bertz CT molecular complexity index is 1280. The summed E-state index contributed by atoms with van der Waals surface area (Å²) < 4.78 is 47.4. The Kier molecular flexibility index (Phi) is 6.89. The molecule has 0 unspecified atom stereocenters. The minimum atomic E-state index is -0.370. The molecular weight excluding hydrogens is 425 g/mol. The molecule has 5 heteroatoms. The number of benzene rings is 4. The SMILES string of the molecule is O=Cc1ccc(OCc2ccc(F)c(Cc3cccc(F)c3)c2)c(Cc2cccc(F)c2)c1. The zero-order chi connectivity index (χ0) is 23.2. The maximum Gasteiger partial charge on any atom is 0.150 e. The molecule has 166 valence electrons. The number of hydrogen-bond acceptors (Lipinski definition) is 2. The fraction of sp³-hybridized carbons (Fsp3) is 0.107. The van der Waals surface area contributed by atoms with Gasteiger partial charge in [-0.2, -0.15) is 0 Å². The first kappa shape index (κ1) is 22.3. The van der Waals surface area contributed by atoms with Gasteiger partial charge in [0.1, 0.15) is 36.1 Å². The van der Waals surface area contributed by atoms with Gasteiger partial charge in [-0.05, 0) is 82.4 Å². The number of carbonyl (C=O) groups is 1. The van der Waals surface area contributed by atoms with Crippen molar-refractivity contribution in [2.24, 2.45) is 0 Å². The van der Waals surface area contributed by atoms with Crippen LogP contribution in [0.3, 0.4) is 0 Å². The molecule has 0 atom stereocenters. The summed E-state index contributed by atoms with van der Waals surface area (Å²) in [6.45, 7) is 0.174. The number of hydrogen-bond donors (Lipinski definition) is 0. The van der Waals surface area contributed by atoms with E-state index in [0.717, 1.165) is 23.0 Å². The molecule has 0 N–H and O–H groups in total. The van der Waals surface area contributed by atoms with Gasteiger partial charge in [-0.1, -0.05) is 30.3 Å². The lowest BCUT2D eigenvalue weighted by Crippen LogP contribution is -2.02. The second kappa shape index (κ2) is 10.2. The summed E-state index contributed by atoms with van der Waals surface area (Å²) in [6, 6.07) is 22.1. The highest BCUT2D eigenvalue weighted by molar-refractivity contribution is 5.75. The highest BCUT2D eigenvalue weighted by atomic mass is 19.1. The molecule has 33 heavy (non-hydrogen) atoms. The van der Waals surface area contributed by atoms with E-state index in [2.05, 4.69) is 0 Å². The highest BCUT2D eigenvalue weighted by Crippen LogP contribution is 2.25. The molecule has 0 amide bonds. The predicted molar refractivity (Wildman–Crippen MR) is 121 cm³/mol. The molecule has 2 nitrogen and oxygen atoms in total. The lowest BCUT2D eigenvalue weighted by molar-refractivity contribution is 0.112. The molecule has 4 aromatic rings. The predicted octanol–water partition coefficient (Wildman–Crippen LogP) is 6.68. The maximum absolute atomic E-state index is 14.3. The molecule has 0 aliphatic rings. The van der Waals surface area contributed by atoms with Crippen molar-refractivity contribution >= 4 is 6.29 Å². The van der Waals surface area contributed by atoms with Crippen LogP contribution in [0.15, 0.2) is 84.9 Å². The molecule has 0 radical (unpaired) electrons. The van der Waals surface area contributed by atoms with Crippen molar-refractivity contribution in [3.8, 4) is 5.75 Å². The maximum atomic E-state index is 14.3. The van der Waals surface area contributed by atoms with Gasteiger partial charge in [0.25, 0.3) is 0 Å². The van der Waals surface area contributed by atoms with E-state index in [1.165, 1.54) is 30.3 Å². The lowest BCUT2D eigenvalue weighted by atomic mass is 10.0. The summed E-state index contributed by atoms with van der Waals surface area (Å²) in [4.78, 5) is 11.2. The molecule has 4 rings (SSSR count). The molecule has 0 aliphatic carbocycles. The Balaban J connectivity index is 1.53. The fourth-order valence-electron chi connectivity index (χ4n) is 3.70. The average molecular weight is 446 g/mol. The third kappa shape index (κ3) is 5.89. The molecule has 0 saturated carbocycles. The molecule has 0 aromatic heterocycles. The van der Waals surface area contributed by atoms with Gasteiger partial charge in [-0.15, -0.1) is 0 Å². The summed E-state index contributed by atoms with van der Waals surface area (Å²) in [5, 5.41) is 0. The van der Waals surface area contributed by atoms with Gasteiger partial charge in [0, 0.05) is 18.4 Å². The summed E-state index contributed by atoms with van der Waals surface area (Å²) in [6.07, 6.45) is 1.40. The Hall–Kier alpha value is -3.86. The highest BCUT2D eigenvalue weighted by Gasteiger charge is 2.10. The summed E-state index contributed by atoms with van der Waals surface area (Å²) in [5.41, 5.74) is 3.85. The van der Waals surface area contributed by atoms with Crippen molar-refractivity contribution in [3.05, 3.63) is 136 Å². The third-order valence-corrected chi connectivity index (χ3v) is 5.29. The molecule has 0 fully saturated rings. The van der Waals surface area contributed by atoms with Gasteiger partial charge >= 0.3 is 0 Å². The van der Waals surface area contributed by atoms with E-state index in [1.54, 1.807) is 54.6 Å². The minimum absolute atomic E-state index is 0.174. The molecule has 0 saturated heterocycles. The lowest BCUT2D eigenvalue weighted by Gasteiger charge is -2.14. The van der Waals surface area contributed by atoms with E-state index in [0.29, 0.717) is 28.9 Å². The van der Waals surface area contributed by atoms with Crippen LogP contribution in [-0.4, -0.2) is 6.29 Å². The Labute approximate surface area is 190 Å². The van der Waals surface area contributed by atoms with E-state index in [1.807, 2.05) is 0 Å². The van der Waals surface area contributed by atoms with E-state index in [4.69, 9.17) is 4.74 Å². The molecule has 4 aromatic carbocycles. The number of carbonyl (C=O) groups excluding carboxylic acids is 1. The van der Waals surface area contributed by atoms with Crippen LogP contribution in [0.4, 0.5) is 13.2 Å². The number of ether oxygens (including phenoxy) is 1. The number of rotatable bonds is 8. The minimum Gasteiger partial charge on any atom is -0.489 e. The van der Waals surface area contributed by atoms with Crippen molar-refractivity contribution in [1.29, 1.82) is 0 Å². The number of halogens is 3. The zero-order valence-corrected chi connectivity index (χ0v) is 17.7. The summed E-state index contributed by atoms with van der Waals surface area (Å²) >= 11 is 0. The van der Waals surface area contributed by atoms with Gasteiger partial charge < -0.3 is 4.74 Å². The standard InChI is InChI=1S/C28H21F3O2/c29-25-5-1-3-19(15-25)11-23-14-22(7-9-27(23)31)18-33-28-10-8-21(17-32)13-24(28)12-20-4-2-6-26(30)16-20/h1-10,13-17H,11-12,18H2. The monoisotopic (exact) mass is 446 g/mol. The topological polar surface area (TPSA) is 26.3 Å². The summed E-state index contributed by atoms with van der Waals surface area (Å²) in [5.74, 6) is -0.512. The van der Waals surface area contributed by atoms with E-state index < -0.39 is 0 Å². The van der Waals surface area contributed by atoms with Crippen LogP contribution in [0.2, 0.25) is 0 Å². The largest absolute Gasteiger partial charge is 0.489 e. The Morgan fingerprint density at radius 2 is 1.33 bits per heavy atom. The van der Waals surface area contributed by atoms with Crippen LogP contribution in [0.25, 0.3) is 0 Å². The first-order valence-electron chi connectivity index (χ1n) is 10.5. The molecule has 0 heterocycles. The van der Waals surface area contributed by atoms with Crippen molar-refractivity contribution in [1.82, 2.24) is 0 Å². The molecular formula is C28H21F3O2. The fourth-order valence-corrected chi connectivity index (χ4v) is 3.70. The molecule has 0 spiro atoms. The van der Waals surface area contributed by atoms with Crippen LogP contribution >= 0.6 is 0 Å². The average Bonchev–Trinajstić information content (AvgIpc) is 2.80. The second-order valence-electron chi connectivity index (χ2n) is 7.81. The van der Waals surface area contributed by atoms with Crippen LogP contribution in [0, 0.1) is 17.5 Å². The van der Waals surface area contributed by atoms with Crippen molar-refractivity contribution < 1.29 is 22.7 Å². The first-order valence-corrected chi connectivity index (χ1v) is 10.5. The van der Waals surface area contributed by atoms with Crippen LogP contribution in [-0.2, 0) is 19.4 Å². The van der Waals surface area contributed by atoms with Gasteiger partial charge in [0.15, 0.2) is 0 Å². The zero-order valence-electron chi connectivity index (χ0n) is 17.7. The van der Waals surface area contributed by atoms with Gasteiger partial charge in [-0.3, -0.25) is 4.79 Å². The van der Waals surface area contributed by atoms with Crippen molar-refractivity contribution in [2.75, 3.05) is 0 Å². The van der Waals surface area contributed by atoms with Gasteiger partial charge in [0.05, 0.1) is 0 Å². The molecule has 0 aliphatic heterocycles. The normalized spacial score (nSPS) is 10.8. The van der Waals surface area contributed by atoms with E-state index in [9.17, 15) is 18.0 Å². The van der Waals surface area contributed by atoms with Crippen LogP contribution < -0.4 is 4.74 Å². The quantitative estimate of drug-likeness (QED) is 0.282. The Morgan fingerprint density at radius 1 is 0.667 bits per heavy atom. The molecule has 0 bridgehead atoms. The second-order valence-corrected chi connectivity index (χ2v) is 7.81. The van der Waals surface area contributed by atoms with Crippen molar-refractivity contribution in [2.45, 2.75) is 19.4 Å². The third-order valence-electron chi connectivity index (χ3n) is 5.29. The van der Waals surface area contributed by atoms with Gasteiger partial charge in [0.2, 0.25) is 0 Å². The van der Waals surface area contributed by atoms with Gasteiger partial charge in [-0.25, -0.2) is 13.2 Å². The smallest absolute Gasteiger partial charge is 0.150 e. The van der Waals surface area contributed by atoms with E-state index in [-0.39, 0.29) is 30.5 Å². The number of aldehydes is 1.